The molecule has 3 aromatic heterocycles. The molecule has 0 radical (unpaired) electrons. The van der Waals surface area contributed by atoms with Gasteiger partial charge in [0, 0.05) is 109 Å². The molecule has 8 heterocycles. The summed E-state index contributed by atoms with van der Waals surface area (Å²) in [5, 5.41) is 30.2. The van der Waals surface area contributed by atoms with Crippen LogP contribution in [0.1, 0.15) is 261 Å². The fraction of sp³-hybridized carbons (Fsp3) is 0.629. The molecule has 6 aromatic rings. The van der Waals surface area contributed by atoms with Gasteiger partial charge < -0.3 is 91.3 Å². The van der Waals surface area contributed by atoms with Crippen molar-refractivity contribution in [2.45, 2.75) is 325 Å². The number of ketones is 1. The Morgan fingerprint density at radius 1 is 0.407 bits per heavy atom. The number of nitrogens with one attached hydrogen (secondary N) is 7. The van der Waals surface area contributed by atoms with Crippen molar-refractivity contribution in [3.05, 3.63) is 150 Å². The van der Waals surface area contributed by atoms with Crippen molar-refractivity contribution in [2.24, 2.45) is 23.5 Å². The highest BCUT2D eigenvalue weighted by atomic mass is 32.1. The van der Waals surface area contributed by atoms with Crippen LogP contribution in [0.4, 0.5) is 14.4 Å². The summed E-state index contributed by atoms with van der Waals surface area (Å²) in [6.45, 7) is 6.45. The molecular weight excluding hydrogens is 1760 g/mol. The number of hydrogen-bond acceptors (Lipinski definition) is 22. The first kappa shape index (κ1) is 101. The van der Waals surface area contributed by atoms with Gasteiger partial charge >= 0.3 is 18.3 Å². The van der Waals surface area contributed by atoms with Gasteiger partial charge in [-0.1, -0.05) is 203 Å². The van der Waals surface area contributed by atoms with Gasteiger partial charge in [-0.05, 0) is 183 Å². The van der Waals surface area contributed by atoms with Gasteiger partial charge in [-0.15, -0.1) is 34.0 Å². The zero-order chi connectivity index (χ0) is 93.6. The summed E-state index contributed by atoms with van der Waals surface area (Å²) in [5.74, 6) is 2.96. The summed E-state index contributed by atoms with van der Waals surface area (Å²) in [4.78, 5) is 139. The first-order valence-corrected chi connectivity index (χ1v) is 53.9. The molecule has 17 rings (SSSR count). The van der Waals surface area contributed by atoms with Crippen molar-refractivity contribution in [3.8, 4) is 23.0 Å². The number of ether oxygens (including phenoxy) is 4. The van der Waals surface area contributed by atoms with Crippen LogP contribution in [0.25, 0.3) is 0 Å². The third-order valence-electron chi connectivity index (χ3n) is 30.1. The van der Waals surface area contributed by atoms with E-state index in [1.165, 1.54) is 154 Å². The number of nitrogens with two attached hydrogens (primary N) is 1. The number of methoxy groups -OCH3 is 1. The molecule has 5 aliphatic heterocycles. The third kappa shape index (κ3) is 28.7. The molecule has 27 nitrogen and oxygen atoms in total. The lowest BCUT2D eigenvalue weighted by molar-refractivity contribution is -0.145. The number of hydrogen-bond donors (Lipinski definition) is 8. The van der Waals surface area contributed by atoms with E-state index in [9.17, 15) is 43.2 Å². The van der Waals surface area contributed by atoms with Crippen LogP contribution in [-0.4, -0.2) is 216 Å². The minimum atomic E-state index is -0.785. The highest BCUT2D eigenvalue weighted by molar-refractivity contribution is 7.10. The number of rotatable bonds is 30. The van der Waals surface area contributed by atoms with Gasteiger partial charge in [0.05, 0.1) is 58.0 Å². The van der Waals surface area contributed by atoms with Crippen LogP contribution in [0.15, 0.2) is 107 Å². The van der Waals surface area contributed by atoms with E-state index in [4.69, 9.17) is 24.7 Å². The van der Waals surface area contributed by atoms with E-state index in [1.807, 2.05) is 76.8 Å². The van der Waals surface area contributed by atoms with E-state index in [2.05, 4.69) is 49.4 Å². The zero-order valence-corrected chi connectivity index (χ0v) is 82.0. The summed E-state index contributed by atoms with van der Waals surface area (Å²) in [7, 11) is 1.52. The Morgan fingerprint density at radius 3 is 1.23 bits per heavy atom. The van der Waals surface area contributed by atoms with E-state index in [-0.39, 0.29) is 73.1 Å². The van der Waals surface area contributed by atoms with Crippen LogP contribution in [0.5, 0.6) is 23.0 Å². The topological polar surface area (TPSA) is 320 Å². The lowest BCUT2D eigenvalue weighted by Gasteiger charge is -2.42. The standard InChI is InChI=1S/2C35H49N5O4S.C35H50N4O5S/c41-33(37-23-28-14-8-20-45-28)31-24-39(35(43)44-32-15-7-11-26-22-36-17-16-29(26)32)18-19-40(31)34(42)30(21-25-9-3-1-4-10-25)38-27-12-5-2-6-13-27;41-33(37-22-28-14-8-20-45-28)31-24-39(35(43)44-32-15-7-11-26-16-17-36-23-29(26)32)18-19-40(31)34(42)30(21-25-9-3-1-4-10-25)38-27-12-5-2-6-13-27;1-43-33-22-26(23-36)14-17-32(33)44-35(42)38-18-19-39(30(24-38)31(40)16-15-28-13-8-20-45-28)34(41)29(21-25-9-4-2-5-10-25)37-27-11-6-3-7-12-27/h2*7-8,11,14-15,20,25,27,30-31,36,38H,1-6,9-10,12-13,16-19,21-24H2,(H,37,41);8,13-14,17,20,22,25,27,29-30,37H,2-7,9-12,15-16,18-19,21,23-24,36H2,1H3/t2*30-,31+;29-,30+/m111/s1. The van der Waals surface area contributed by atoms with E-state index in [1.54, 1.807) is 81.6 Å². The summed E-state index contributed by atoms with van der Waals surface area (Å²) in [6.07, 6.45) is 39.2. The Bertz CT molecular complexity index is 4520. The molecule has 0 bridgehead atoms. The van der Waals surface area contributed by atoms with Gasteiger partial charge in [0.2, 0.25) is 29.5 Å². The maximum absolute atomic E-state index is 14.5. The Labute approximate surface area is 811 Å². The largest absolute Gasteiger partial charge is 0.493 e. The molecule has 6 atom stereocenters. The first-order valence-electron chi connectivity index (χ1n) is 51.3. The monoisotopic (exact) mass is 1910 g/mol. The second kappa shape index (κ2) is 51.7. The number of carbonyl (C=O) groups excluding carboxylic acids is 9. The summed E-state index contributed by atoms with van der Waals surface area (Å²) < 4.78 is 23.1. The lowest BCUT2D eigenvalue weighted by atomic mass is 9.83. The predicted octanol–water partition coefficient (Wildman–Crippen LogP) is 15.7. The summed E-state index contributed by atoms with van der Waals surface area (Å²) >= 11 is 4.80. The van der Waals surface area contributed by atoms with E-state index < -0.39 is 36.4 Å². The average molecular weight is 1910 g/mol. The normalized spacial score (nSPS) is 21.5. The van der Waals surface area contributed by atoms with Crippen molar-refractivity contribution in [2.75, 3.05) is 79.1 Å². The Balaban J connectivity index is 0.000000154. The number of fused-ring (bicyclic) bond motifs is 2. The molecule has 3 aromatic carbocycles. The molecule has 30 heteroatoms. The molecule has 6 aliphatic carbocycles. The number of benzene rings is 3. The minimum Gasteiger partial charge on any atom is -0.493 e. The first-order chi connectivity index (χ1) is 66.0. The van der Waals surface area contributed by atoms with Crippen LogP contribution >= 0.6 is 34.0 Å². The molecular formula is C105H148N14O13S3. The van der Waals surface area contributed by atoms with E-state index in [0.29, 0.717) is 137 Å². The van der Waals surface area contributed by atoms with E-state index in [0.717, 1.165) is 140 Å². The van der Waals surface area contributed by atoms with E-state index >= 15 is 0 Å². The van der Waals surface area contributed by atoms with Crippen molar-refractivity contribution in [1.29, 1.82) is 0 Å². The molecule has 3 saturated heterocycles. The fourth-order valence-electron chi connectivity index (χ4n) is 22.5. The van der Waals surface area contributed by atoms with Gasteiger partial charge in [-0.3, -0.25) is 28.8 Å². The van der Waals surface area contributed by atoms with Crippen molar-refractivity contribution < 1.29 is 62.1 Å². The summed E-state index contributed by atoms with van der Waals surface area (Å²) in [5.41, 5.74) is 11.0. The van der Waals surface area contributed by atoms with Gasteiger partial charge in [0.1, 0.15) is 29.6 Å². The summed E-state index contributed by atoms with van der Waals surface area (Å²) in [6, 6.07) is 26.6. The number of carbonyl (C=O) groups is 9. The second-order valence-electron chi connectivity index (χ2n) is 39.4. The zero-order valence-electron chi connectivity index (χ0n) is 79.6. The Morgan fingerprint density at radius 2 is 0.800 bits per heavy atom. The molecule has 11 aliphatic rings. The SMILES string of the molecule is COc1cc(CN)ccc1OC(=O)N1CCN(C(=O)[C@@H](CC2CCCCC2)NC2CCCCC2)[C@H](C(=O)CCc2cccs2)C1.O=C(NCc1cccs1)[C@@H]1CN(C(=O)Oc2cccc3c2CCNC3)CCN1C(=O)[C@@H](CC1CCCCC1)NC1CCCCC1.O=C(NCc1cccs1)[C@@H]1CN(C(=O)Oc2cccc3c2CNCC3)CCN1C(=O)[C@@H](CC1CCCCC1)NC1CCCCC1. The maximum atomic E-state index is 14.5. The number of Topliss-reactive ketones (excluding diaryl/α,β-unsaturated/α-hetero) is 1. The molecule has 0 unspecified atom stereocenters. The Kier molecular flexibility index (Phi) is 38.5. The van der Waals surface area contributed by atoms with Crippen molar-refractivity contribution in [1.82, 2.24) is 66.6 Å². The molecule has 6 saturated carbocycles. The maximum Gasteiger partial charge on any atom is 0.415 e. The number of piperazine rings is 3. The highest BCUT2D eigenvalue weighted by Gasteiger charge is 2.46. The fourth-order valence-corrected chi connectivity index (χ4v) is 24.5. The van der Waals surface area contributed by atoms with Crippen LogP contribution in [0.3, 0.4) is 0 Å². The van der Waals surface area contributed by atoms with Crippen LogP contribution in [0.2, 0.25) is 0 Å². The van der Waals surface area contributed by atoms with Crippen molar-refractivity contribution in [3.63, 3.8) is 0 Å². The lowest BCUT2D eigenvalue weighted by Crippen LogP contribution is -2.64. The Hall–Kier alpha value is -8.85. The minimum absolute atomic E-state index is 0.0000620. The number of amides is 8. The van der Waals surface area contributed by atoms with Crippen LogP contribution in [0, 0.1) is 17.8 Å². The molecule has 0 spiro atoms. The smallest absolute Gasteiger partial charge is 0.415 e. The van der Waals surface area contributed by atoms with Crippen LogP contribution in [-0.2, 0) is 80.8 Å². The van der Waals surface area contributed by atoms with Gasteiger partial charge in [0.15, 0.2) is 17.3 Å². The number of aryl methyl sites for hydroxylation is 1. The molecule has 8 amide bonds. The van der Waals surface area contributed by atoms with Gasteiger partial charge in [-0.25, -0.2) is 14.4 Å². The molecule has 9 N–H and O–H groups in total. The number of nitrogens with zero attached hydrogens (tertiary/aromatic N) is 6. The quantitative estimate of drug-likeness (QED) is 0.0208. The predicted molar refractivity (Wildman–Crippen MR) is 529 cm³/mol. The highest BCUT2D eigenvalue weighted by Crippen LogP contribution is 2.37. The van der Waals surface area contributed by atoms with Crippen LogP contribution < -0.4 is 61.9 Å². The van der Waals surface area contributed by atoms with Gasteiger partial charge in [0.25, 0.3) is 0 Å². The van der Waals surface area contributed by atoms with Crippen molar-refractivity contribution >= 4 is 87.6 Å². The van der Waals surface area contributed by atoms with Gasteiger partial charge in [-0.2, -0.15) is 0 Å². The number of thiophene rings is 3. The third-order valence-corrected chi connectivity index (χ3v) is 32.8. The molecule has 734 valence electrons. The second-order valence-corrected chi connectivity index (χ2v) is 42.5. The molecule has 135 heavy (non-hydrogen) atoms. The average Bonchev–Trinajstić information content (AvgIpc) is 1.47. The molecule has 9 fully saturated rings.